The van der Waals surface area contributed by atoms with Crippen LogP contribution in [0.5, 0.6) is 0 Å². The molecule has 0 aliphatic heterocycles. The largest absolute Gasteiger partial charge is 0.382 e. The van der Waals surface area contributed by atoms with E-state index in [1.807, 2.05) is 6.92 Å². The van der Waals surface area contributed by atoms with Gasteiger partial charge in [0, 0.05) is 19.2 Å². The summed E-state index contributed by atoms with van der Waals surface area (Å²) in [7, 11) is 1.65. The predicted octanol–water partition coefficient (Wildman–Crippen LogP) is 2.15. The van der Waals surface area contributed by atoms with Gasteiger partial charge in [0.1, 0.15) is 11.6 Å². The third kappa shape index (κ3) is 4.68. The van der Waals surface area contributed by atoms with Gasteiger partial charge in [0.05, 0.1) is 6.10 Å². The van der Waals surface area contributed by atoms with Crippen molar-refractivity contribution in [3.05, 3.63) is 35.4 Å². The number of ether oxygens (including phenoxy) is 1. The highest BCUT2D eigenvalue weighted by Gasteiger charge is 2.13. The number of nitrogens with one attached hydrogen (secondary N) is 1. The molecule has 2 unspecified atom stereocenters. The minimum absolute atomic E-state index is 0.0532. The monoisotopic (exact) mass is 258 g/mol. The second kappa shape index (κ2) is 7.41. The molecule has 0 fully saturated rings. The zero-order chi connectivity index (χ0) is 13.5. The molecule has 0 heterocycles. The molecule has 5 heteroatoms. The normalized spacial score (nSPS) is 14.5. The summed E-state index contributed by atoms with van der Waals surface area (Å²) in [6.45, 7) is 1.96. The molecule has 3 nitrogen and oxygen atoms in total. The predicted molar refractivity (Wildman–Crippen MR) is 66.9 cm³/mol. The zero-order valence-electron chi connectivity index (χ0n) is 10.7. The van der Waals surface area contributed by atoms with E-state index < -0.39 is 11.6 Å². The van der Waals surface area contributed by atoms with E-state index >= 15 is 0 Å². The highest BCUT2D eigenvalue weighted by atomic mass is 19.1. The number of hydrogen-bond donors (Lipinski definition) is 2. The minimum Gasteiger partial charge on any atom is -0.382 e. The molecule has 1 aromatic carbocycles. The van der Waals surface area contributed by atoms with Crippen LogP contribution in [0.25, 0.3) is 0 Å². The lowest BCUT2D eigenvalue weighted by molar-refractivity contribution is 0.106. The number of nitrogens with two attached hydrogens (primary N) is 1. The summed E-state index contributed by atoms with van der Waals surface area (Å²) in [6.07, 6.45) is 2.16. The molecule has 0 radical (unpaired) electrons. The van der Waals surface area contributed by atoms with Gasteiger partial charge in [0.15, 0.2) is 0 Å². The van der Waals surface area contributed by atoms with E-state index in [1.165, 1.54) is 12.1 Å². The van der Waals surface area contributed by atoms with Gasteiger partial charge in [-0.2, -0.15) is 0 Å². The van der Waals surface area contributed by atoms with Crippen LogP contribution >= 0.6 is 0 Å². The first-order chi connectivity index (χ1) is 8.56. The van der Waals surface area contributed by atoms with Gasteiger partial charge in [-0.1, -0.05) is 6.07 Å². The van der Waals surface area contributed by atoms with E-state index in [4.69, 9.17) is 10.6 Å². The zero-order valence-corrected chi connectivity index (χ0v) is 10.7. The van der Waals surface area contributed by atoms with E-state index in [-0.39, 0.29) is 12.1 Å². The molecule has 0 amide bonds. The van der Waals surface area contributed by atoms with Crippen LogP contribution in [0.3, 0.4) is 0 Å². The molecule has 0 aliphatic rings. The van der Waals surface area contributed by atoms with Crippen molar-refractivity contribution < 1.29 is 13.5 Å². The smallest absolute Gasteiger partial charge is 0.129 e. The van der Waals surface area contributed by atoms with Crippen LogP contribution in [-0.4, -0.2) is 19.3 Å². The Morgan fingerprint density at radius 3 is 2.61 bits per heavy atom. The first-order valence-electron chi connectivity index (χ1n) is 5.99. The summed E-state index contributed by atoms with van der Waals surface area (Å²) < 4.78 is 31.4. The number of methoxy groups -OCH3 is 1. The molecule has 0 saturated carbocycles. The van der Waals surface area contributed by atoms with Crippen molar-refractivity contribution >= 4 is 0 Å². The molecule has 0 bridgehead atoms. The molecule has 3 N–H and O–H groups in total. The average molecular weight is 258 g/mol. The van der Waals surface area contributed by atoms with Gasteiger partial charge < -0.3 is 4.74 Å². The molecule has 102 valence electrons. The first kappa shape index (κ1) is 15.0. The van der Waals surface area contributed by atoms with E-state index in [1.54, 1.807) is 7.11 Å². The van der Waals surface area contributed by atoms with Crippen LogP contribution in [-0.2, 0) is 11.2 Å². The van der Waals surface area contributed by atoms with Crippen LogP contribution in [0, 0.1) is 11.6 Å². The fourth-order valence-corrected chi connectivity index (χ4v) is 1.75. The van der Waals surface area contributed by atoms with Crippen molar-refractivity contribution in [1.29, 1.82) is 0 Å². The van der Waals surface area contributed by atoms with Crippen molar-refractivity contribution in [3.63, 3.8) is 0 Å². The number of rotatable bonds is 7. The highest BCUT2D eigenvalue weighted by Crippen LogP contribution is 2.14. The highest BCUT2D eigenvalue weighted by molar-refractivity contribution is 5.19. The summed E-state index contributed by atoms with van der Waals surface area (Å²) >= 11 is 0. The van der Waals surface area contributed by atoms with Crippen molar-refractivity contribution in [1.82, 2.24) is 5.43 Å². The maximum atomic E-state index is 13.5. The molecular formula is C13H20F2N2O. The van der Waals surface area contributed by atoms with Gasteiger partial charge in [-0.15, -0.1) is 0 Å². The first-order valence-corrected chi connectivity index (χ1v) is 5.99. The van der Waals surface area contributed by atoms with E-state index in [0.29, 0.717) is 12.0 Å². The van der Waals surface area contributed by atoms with Gasteiger partial charge in [0.2, 0.25) is 0 Å². The summed E-state index contributed by atoms with van der Waals surface area (Å²) in [4.78, 5) is 0. The quantitative estimate of drug-likeness (QED) is 0.582. The number of hydrogen-bond acceptors (Lipinski definition) is 3. The summed E-state index contributed by atoms with van der Waals surface area (Å²) in [5.41, 5.74) is 3.12. The molecule has 2 atom stereocenters. The molecule has 0 saturated heterocycles. The Bertz CT molecular complexity index is 374. The van der Waals surface area contributed by atoms with Crippen LogP contribution in [0.4, 0.5) is 8.78 Å². The van der Waals surface area contributed by atoms with Gasteiger partial charge >= 0.3 is 0 Å². The Balaban J connectivity index is 2.56. The fraction of sp³-hybridized carbons (Fsp3) is 0.538. The second-order valence-electron chi connectivity index (χ2n) is 4.43. The lowest BCUT2D eigenvalue weighted by Gasteiger charge is -2.18. The van der Waals surface area contributed by atoms with Gasteiger partial charge in [-0.3, -0.25) is 11.3 Å². The van der Waals surface area contributed by atoms with Gasteiger partial charge in [0.25, 0.3) is 0 Å². The number of hydrazine groups is 1. The van der Waals surface area contributed by atoms with Crippen molar-refractivity contribution in [2.24, 2.45) is 5.84 Å². The average Bonchev–Trinajstić information content (AvgIpc) is 2.36. The Hall–Kier alpha value is -1.04. The standard InChI is InChI=1S/C13H20F2N2O/c1-9(18-2)3-6-12(17-16)7-10-4-5-11(14)8-13(10)15/h4-5,8-9,12,17H,3,6-7,16H2,1-2H3. The van der Waals surface area contributed by atoms with Crippen molar-refractivity contribution in [3.8, 4) is 0 Å². The maximum absolute atomic E-state index is 13.5. The topological polar surface area (TPSA) is 47.3 Å². The fourth-order valence-electron chi connectivity index (χ4n) is 1.75. The molecule has 0 aromatic heterocycles. The Morgan fingerprint density at radius 2 is 2.06 bits per heavy atom. The minimum atomic E-state index is -0.568. The number of benzene rings is 1. The molecular weight excluding hydrogens is 238 g/mol. The Kier molecular flexibility index (Phi) is 6.18. The third-order valence-corrected chi connectivity index (χ3v) is 3.04. The van der Waals surface area contributed by atoms with Crippen LogP contribution in [0.15, 0.2) is 18.2 Å². The second-order valence-corrected chi connectivity index (χ2v) is 4.43. The van der Waals surface area contributed by atoms with Crippen molar-refractivity contribution in [2.45, 2.75) is 38.3 Å². The molecule has 0 spiro atoms. The molecule has 1 rings (SSSR count). The molecule has 0 aliphatic carbocycles. The third-order valence-electron chi connectivity index (χ3n) is 3.04. The SMILES string of the molecule is COC(C)CCC(Cc1ccc(F)cc1F)NN. The van der Waals surface area contributed by atoms with Gasteiger partial charge in [-0.05, 0) is 37.8 Å². The molecule has 1 aromatic rings. The molecule has 18 heavy (non-hydrogen) atoms. The maximum Gasteiger partial charge on any atom is 0.129 e. The van der Waals surface area contributed by atoms with E-state index in [9.17, 15) is 8.78 Å². The summed E-state index contributed by atoms with van der Waals surface area (Å²) in [5.74, 6) is 4.34. The van der Waals surface area contributed by atoms with Crippen LogP contribution < -0.4 is 11.3 Å². The van der Waals surface area contributed by atoms with Crippen LogP contribution in [0.2, 0.25) is 0 Å². The summed E-state index contributed by atoms with van der Waals surface area (Å²) in [6, 6.07) is 3.54. The van der Waals surface area contributed by atoms with E-state index in [0.717, 1.165) is 18.9 Å². The Labute approximate surface area is 106 Å². The van der Waals surface area contributed by atoms with Gasteiger partial charge in [-0.25, -0.2) is 8.78 Å². The van der Waals surface area contributed by atoms with Crippen molar-refractivity contribution in [2.75, 3.05) is 7.11 Å². The summed E-state index contributed by atoms with van der Waals surface area (Å²) in [5, 5.41) is 0. The lowest BCUT2D eigenvalue weighted by atomic mass is 10.0. The lowest BCUT2D eigenvalue weighted by Crippen LogP contribution is -2.37. The Morgan fingerprint density at radius 1 is 1.33 bits per heavy atom. The van der Waals surface area contributed by atoms with E-state index in [2.05, 4.69) is 5.43 Å². The number of halogens is 2. The van der Waals surface area contributed by atoms with Crippen LogP contribution in [0.1, 0.15) is 25.3 Å².